The highest BCUT2D eigenvalue weighted by molar-refractivity contribution is 4.82. The molecule has 2 atom stereocenters. The SMILES string of the molecule is CC(C)C1CCN(C(C)CCCNC2CC2)C1. The Balaban J connectivity index is 1.57. The Morgan fingerprint density at radius 1 is 1.18 bits per heavy atom. The molecule has 0 spiro atoms. The van der Waals surface area contributed by atoms with Gasteiger partial charge in [-0.25, -0.2) is 0 Å². The predicted octanol–water partition coefficient (Wildman–Crippen LogP) is 2.89. The van der Waals surface area contributed by atoms with Crippen molar-refractivity contribution in [3.05, 3.63) is 0 Å². The molecule has 1 aliphatic carbocycles. The van der Waals surface area contributed by atoms with E-state index in [1.54, 1.807) is 0 Å². The first kappa shape index (κ1) is 13.4. The maximum Gasteiger partial charge on any atom is 0.00682 e. The average molecular weight is 238 g/mol. The fraction of sp³-hybridized carbons (Fsp3) is 1.00. The van der Waals surface area contributed by atoms with Crippen molar-refractivity contribution < 1.29 is 0 Å². The summed E-state index contributed by atoms with van der Waals surface area (Å²) in [5.41, 5.74) is 0. The number of nitrogens with one attached hydrogen (secondary N) is 1. The zero-order valence-corrected chi connectivity index (χ0v) is 11.9. The van der Waals surface area contributed by atoms with Crippen LogP contribution in [0.5, 0.6) is 0 Å². The molecule has 0 bridgehead atoms. The van der Waals surface area contributed by atoms with Crippen LogP contribution in [0.4, 0.5) is 0 Å². The summed E-state index contributed by atoms with van der Waals surface area (Å²) in [6.07, 6.45) is 6.96. The predicted molar refractivity (Wildman–Crippen MR) is 74.2 cm³/mol. The Bertz CT molecular complexity index is 223. The first-order valence-electron chi connectivity index (χ1n) is 7.64. The molecule has 2 heteroatoms. The van der Waals surface area contributed by atoms with Crippen molar-refractivity contribution in [3.63, 3.8) is 0 Å². The van der Waals surface area contributed by atoms with E-state index < -0.39 is 0 Å². The van der Waals surface area contributed by atoms with E-state index in [4.69, 9.17) is 0 Å². The fourth-order valence-electron chi connectivity index (χ4n) is 2.93. The van der Waals surface area contributed by atoms with Gasteiger partial charge in [0.05, 0.1) is 0 Å². The lowest BCUT2D eigenvalue weighted by Crippen LogP contribution is -2.32. The van der Waals surface area contributed by atoms with Gasteiger partial charge in [0.25, 0.3) is 0 Å². The van der Waals surface area contributed by atoms with Crippen molar-refractivity contribution in [2.24, 2.45) is 11.8 Å². The highest BCUT2D eigenvalue weighted by Gasteiger charge is 2.27. The van der Waals surface area contributed by atoms with Gasteiger partial charge in [0.2, 0.25) is 0 Å². The quantitative estimate of drug-likeness (QED) is 0.686. The van der Waals surface area contributed by atoms with Gasteiger partial charge in [-0.15, -0.1) is 0 Å². The second kappa shape index (κ2) is 6.19. The number of nitrogens with zero attached hydrogens (tertiary/aromatic N) is 1. The maximum absolute atomic E-state index is 3.61. The molecule has 0 aromatic rings. The second-order valence-electron chi connectivity index (χ2n) is 6.51. The molecule has 1 aliphatic heterocycles. The molecule has 0 amide bonds. The van der Waals surface area contributed by atoms with Crippen LogP contribution in [-0.4, -0.2) is 36.6 Å². The first-order valence-corrected chi connectivity index (χ1v) is 7.64. The normalized spacial score (nSPS) is 27.9. The zero-order chi connectivity index (χ0) is 12.3. The van der Waals surface area contributed by atoms with Crippen LogP contribution in [0.25, 0.3) is 0 Å². The zero-order valence-electron chi connectivity index (χ0n) is 11.9. The van der Waals surface area contributed by atoms with Crippen LogP contribution in [0.2, 0.25) is 0 Å². The van der Waals surface area contributed by atoms with Crippen molar-refractivity contribution in [3.8, 4) is 0 Å². The molecule has 2 nitrogen and oxygen atoms in total. The van der Waals surface area contributed by atoms with E-state index >= 15 is 0 Å². The highest BCUT2D eigenvalue weighted by atomic mass is 15.2. The monoisotopic (exact) mass is 238 g/mol. The van der Waals surface area contributed by atoms with E-state index in [1.165, 1.54) is 51.7 Å². The molecule has 1 heterocycles. The van der Waals surface area contributed by atoms with Gasteiger partial charge in [-0.2, -0.15) is 0 Å². The Labute approximate surface area is 107 Å². The topological polar surface area (TPSA) is 15.3 Å². The second-order valence-corrected chi connectivity index (χ2v) is 6.51. The van der Waals surface area contributed by atoms with Crippen LogP contribution >= 0.6 is 0 Å². The molecule has 0 aromatic carbocycles. The summed E-state index contributed by atoms with van der Waals surface area (Å²) in [6, 6.07) is 1.67. The Morgan fingerprint density at radius 2 is 1.94 bits per heavy atom. The van der Waals surface area contributed by atoms with Gasteiger partial charge < -0.3 is 10.2 Å². The van der Waals surface area contributed by atoms with Crippen LogP contribution < -0.4 is 5.32 Å². The van der Waals surface area contributed by atoms with Crippen LogP contribution in [0.3, 0.4) is 0 Å². The van der Waals surface area contributed by atoms with Crippen LogP contribution in [0, 0.1) is 11.8 Å². The van der Waals surface area contributed by atoms with Gasteiger partial charge in [0.15, 0.2) is 0 Å². The highest BCUT2D eigenvalue weighted by Crippen LogP contribution is 2.26. The van der Waals surface area contributed by atoms with E-state index in [-0.39, 0.29) is 0 Å². The number of hydrogen-bond donors (Lipinski definition) is 1. The largest absolute Gasteiger partial charge is 0.314 e. The van der Waals surface area contributed by atoms with Crippen LogP contribution in [-0.2, 0) is 0 Å². The van der Waals surface area contributed by atoms with E-state index in [1.807, 2.05) is 0 Å². The minimum atomic E-state index is 0.791. The van der Waals surface area contributed by atoms with Crippen LogP contribution in [0.15, 0.2) is 0 Å². The molecular formula is C15H30N2. The average Bonchev–Trinajstić information content (AvgIpc) is 2.97. The summed E-state index contributed by atoms with van der Waals surface area (Å²) >= 11 is 0. The van der Waals surface area contributed by atoms with Crippen molar-refractivity contribution in [1.82, 2.24) is 10.2 Å². The first-order chi connectivity index (χ1) is 8.16. The molecular weight excluding hydrogens is 208 g/mol. The van der Waals surface area contributed by atoms with E-state index in [2.05, 4.69) is 31.0 Å². The van der Waals surface area contributed by atoms with Gasteiger partial charge in [-0.1, -0.05) is 13.8 Å². The molecule has 2 aliphatic rings. The van der Waals surface area contributed by atoms with Crippen molar-refractivity contribution in [1.29, 1.82) is 0 Å². The molecule has 17 heavy (non-hydrogen) atoms. The lowest BCUT2D eigenvalue weighted by molar-refractivity contribution is 0.226. The Hall–Kier alpha value is -0.0800. The fourth-order valence-corrected chi connectivity index (χ4v) is 2.93. The summed E-state index contributed by atoms with van der Waals surface area (Å²) < 4.78 is 0. The van der Waals surface area contributed by atoms with Crippen molar-refractivity contribution in [2.75, 3.05) is 19.6 Å². The van der Waals surface area contributed by atoms with Crippen molar-refractivity contribution in [2.45, 2.75) is 65.0 Å². The van der Waals surface area contributed by atoms with Gasteiger partial charge in [-0.05, 0) is 64.0 Å². The van der Waals surface area contributed by atoms with Gasteiger partial charge in [0, 0.05) is 18.6 Å². The summed E-state index contributed by atoms with van der Waals surface area (Å²) in [4.78, 5) is 2.71. The number of hydrogen-bond acceptors (Lipinski definition) is 2. The van der Waals surface area contributed by atoms with E-state index in [0.29, 0.717) is 0 Å². The molecule has 0 aromatic heterocycles. The van der Waals surface area contributed by atoms with E-state index in [0.717, 1.165) is 23.9 Å². The third-order valence-corrected chi connectivity index (χ3v) is 4.63. The number of likely N-dealkylation sites (tertiary alicyclic amines) is 1. The molecule has 2 fully saturated rings. The van der Waals surface area contributed by atoms with Gasteiger partial charge >= 0.3 is 0 Å². The van der Waals surface area contributed by atoms with Gasteiger partial charge in [0.1, 0.15) is 0 Å². The molecule has 100 valence electrons. The summed E-state index contributed by atoms with van der Waals surface area (Å²) in [5, 5.41) is 3.61. The smallest absolute Gasteiger partial charge is 0.00682 e. The molecule has 2 rings (SSSR count). The minimum Gasteiger partial charge on any atom is -0.314 e. The third kappa shape index (κ3) is 4.26. The maximum atomic E-state index is 3.61. The van der Waals surface area contributed by atoms with Crippen molar-refractivity contribution >= 4 is 0 Å². The molecule has 1 N–H and O–H groups in total. The standard InChI is InChI=1S/C15H30N2/c1-12(2)14-8-10-17(11-14)13(3)5-4-9-16-15-6-7-15/h12-16H,4-11H2,1-3H3. The third-order valence-electron chi connectivity index (χ3n) is 4.63. The number of rotatable bonds is 7. The van der Waals surface area contributed by atoms with Gasteiger partial charge in [-0.3, -0.25) is 0 Å². The Morgan fingerprint density at radius 3 is 2.53 bits per heavy atom. The lowest BCUT2D eigenvalue weighted by Gasteiger charge is -2.25. The van der Waals surface area contributed by atoms with E-state index in [9.17, 15) is 0 Å². The molecule has 0 radical (unpaired) electrons. The Kier molecular flexibility index (Phi) is 4.87. The molecule has 1 saturated carbocycles. The minimum absolute atomic E-state index is 0.791. The summed E-state index contributed by atoms with van der Waals surface area (Å²) in [7, 11) is 0. The molecule has 2 unspecified atom stereocenters. The molecule has 1 saturated heterocycles. The summed E-state index contributed by atoms with van der Waals surface area (Å²) in [6.45, 7) is 11.1. The lowest BCUT2D eigenvalue weighted by atomic mass is 9.95. The van der Waals surface area contributed by atoms with Crippen LogP contribution in [0.1, 0.15) is 52.9 Å². The summed E-state index contributed by atoms with van der Waals surface area (Å²) in [5.74, 6) is 1.81.